The van der Waals surface area contributed by atoms with E-state index >= 15 is 4.39 Å². The summed E-state index contributed by atoms with van der Waals surface area (Å²) < 4.78 is 69.7. The van der Waals surface area contributed by atoms with Crippen LogP contribution in [0.25, 0.3) is 11.2 Å². The summed E-state index contributed by atoms with van der Waals surface area (Å²) in [4.78, 5) is 35.3. The van der Waals surface area contributed by atoms with Gasteiger partial charge in [-0.1, -0.05) is 48.5 Å². The SMILES string of the molecule is CC(C)(NP(=O)(Oc1ccccc1)OP(=O)(O)OC[C@H]1O[C@@H](n2cnc3c(N)nc(Cl)nc32)[C@H](F)C1O)C(=O)OCc1ccccc1. The number of alkyl halides is 1. The Morgan fingerprint density at radius 1 is 1.15 bits per heavy atom. The molecule has 252 valence electrons. The number of esters is 1. The molecule has 0 amide bonds. The number of imidazole rings is 1. The molecule has 4 aromatic rings. The van der Waals surface area contributed by atoms with Gasteiger partial charge in [0.2, 0.25) is 5.28 Å². The van der Waals surface area contributed by atoms with Crippen molar-refractivity contribution < 1.29 is 51.1 Å². The molecule has 2 aromatic carbocycles. The summed E-state index contributed by atoms with van der Waals surface area (Å²) in [5.74, 6) is -1.01. The highest BCUT2D eigenvalue weighted by molar-refractivity contribution is 7.63. The maximum atomic E-state index is 15.2. The van der Waals surface area contributed by atoms with Gasteiger partial charge >= 0.3 is 21.5 Å². The zero-order valence-electron chi connectivity index (χ0n) is 24.8. The highest BCUT2D eigenvalue weighted by Gasteiger charge is 2.49. The summed E-state index contributed by atoms with van der Waals surface area (Å²) in [5.41, 5.74) is 4.79. The van der Waals surface area contributed by atoms with Gasteiger partial charge in [0, 0.05) is 0 Å². The molecule has 0 saturated carbocycles. The fourth-order valence-corrected chi connectivity index (χ4v) is 7.76. The van der Waals surface area contributed by atoms with E-state index < -0.39 is 58.3 Å². The van der Waals surface area contributed by atoms with Crippen LogP contribution in [0.15, 0.2) is 67.0 Å². The van der Waals surface area contributed by atoms with Gasteiger partial charge in [-0.25, -0.2) is 18.5 Å². The number of carbonyl (C=O) groups is 1. The summed E-state index contributed by atoms with van der Waals surface area (Å²) >= 11 is 5.87. The van der Waals surface area contributed by atoms with Gasteiger partial charge in [0.25, 0.3) is 0 Å². The molecule has 0 bridgehead atoms. The lowest BCUT2D eigenvalue weighted by Crippen LogP contribution is -2.46. The first-order valence-electron chi connectivity index (χ1n) is 13.8. The highest BCUT2D eigenvalue weighted by Crippen LogP contribution is 2.61. The van der Waals surface area contributed by atoms with Crippen LogP contribution in [0, 0.1) is 0 Å². The molecule has 3 heterocycles. The third-order valence-corrected chi connectivity index (χ3v) is 10.3. The number of benzene rings is 2. The molecule has 5 rings (SSSR count). The number of ether oxygens (including phenoxy) is 2. The molecule has 16 nitrogen and oxygen atoms in total. The Kier molecular flexibility index (Phi) is 10.3. The van der Waals surface area contributed by atoms with Gasteiger partial charge in [-0.05, 0) is 43.1 Å². The van der Waals surface area contributed by atoms with E-state index in [1.807, 2.05) is 0 Å². The minimum atomic E-state index is -5.35. The number of phosphoric acid groups is 1. The smallest absolute Gasteiger partial charge is 0.459 e. The van der Waals surface area contributed by atoms with Crippen molar-refractivity contribution in [1.82, 2.24) is 24.6 Å². The number of aliphatic hydroxyl groups is 1. The zero-order chi connectivity index (χ0) is 34.0. The number of hydrogen-bond acceptors (Lipinski definition) is 13. The number of nitrogen functional groups attached to an aromatic ring is 1. The van der Waals surface area contributed by atoms with Crippen molar-refractivity contribution >= 4 is 50.1 Å². The van der Waals surface area contributed by atoms with Gasteiger partial charge in [0.05, 0.1) is 12.9 Å². The summed E-state index contributed by atoms with van der Waals surface area (Å²) in [6.45, 7) is 1.57. The Labute approximate surface area is 272 Å². The van der Waals surface area contributed by atoms with Gasteiger partial charge in [-0.2, -0.15) is 19.4 Å². The largest absolute Gasteiger partial charge is 0.481 e. The number of aliphatic hydroxyl groups excluding tert-OH is 1. The molecular formula is C27H30ClFN6O10P2. The number of nitrogens with zero attached hydrogens (tertiary/aromatic N) is 4. The molecular weight excluding hydrogens is 685 g/mol. The second kappa shape index (κ2) is 13.9. The number of para-hydroxylation sites is 1. The number of fused-ring (bicyclic) bond motifs is 1. The van der Waals surface area contributed by atoms with Crippen LogP contribution in [-0.2, 0) is 38.8 Å². The lowest BCUT2D eigenvalue weighted by molar-refractivity contribution is -0.151. The molecule has 1 aliphatic heterocycles. The minimum Gasteiger partial charge on any atom is -0.459 e. The van der Waals surface area contributed by atoms with Gasteiger partial charge in [-0.15, -0.1) is 0 Å². The summed E-state index contributed by atoms with van der Waals surface area (Å²) in [7, 11) is -10.3. The normalized spacial score (nSPS) is 22.4. The predicted octanol–water partition coefficient (Wildman–Crippen LogP) is 4.09. The molecule has 1 fully saturated rings. The number of carbonyl (C=O) groups excluding carboxylic acids is 1. The maximum absolute atomic E-state index is 15.2. The number of halogens is 2. The quantitative estimate of drug-likeness (QED) is 0.0870. The monoisotopic (exact) mass is 714 g/mol. The number of nitrogens with two attached hydrogens (primary N) is 1. The molecule has 3 unspecified atom stereocenters. The second-order valence-electron chi connectivity index (χ2n) is 10.7. The van der Waals surface area contributed by atoms with Crippen molar-refractivity contribution in [2.75, 3.05) is 12.3 Å². The lowest BCUT2D eigenvalue weighted by Gasteiger charge is -2.29. The average Bonchev–Trinajstić information content (AvgIpc) is 3.55. The second-order valence-corrected chi connectivity index (χ2v) is 14.3. The van der Waals surface area contributed by atoms with Crippen LogP contribution in [0.1, 0.15) is 25.6 Å². The Morgan fingerprint density at radius 3 is 2.49 bits per heavy atom. The molecule has 6 atom stereocenters. The predicted molar refractivity (Wildman–Crippen MR) is 165 cm³/mol. The average molecular weight is 715 g/mol. The topological polar surface area (TPSA) is 219 Å². The first-order valence-corrected chi connectivity index (χ1v) is 17.2. The number of anilines is 1. The van der Waals surface area contributed by atoms with E-state index in [0.717, 1.165) is 10.9 Å². The van der Waals surface area contributed by atoms with Crippen LogP contribution in [0.4, 0.5) is 10.2 Å². The molecule has 5 N–H and O–H groups in total. The number of phosphoric ester groups is 1. The third kappa shape index (κ3) is 8.33. The first kappa shape index (κ1) is 34.8. The van der Waals surface area contributed by atoms with E-state index in [4.69, 9.17) is 40.2 Å². The van der Waals surface area contributed by atoms with Crippen molar-refractivity contribution in [3.8, 4) is 5.75 Å². The summed E-state index contributed by atoms with van der Waals surface area (Å²) in [6, 6.07) is 16.2. The van der Waals surface area contributed by atoms with Crippen molar-refractivity contribution in [2.45, 2.75) is 50.6 Å². The van der Waals surface area contributed by atoms with Gasteiger partial charge in [0.1, 0.15) is 35.6 Å². The fraction of sp³-hybridized carbons (Fsp3) is 0.333. The van der Waals surface area contributed by atoms with Crippen LogP contribution < -0.4 is 15.3 Å². The lowest BCUT2D eigenvalue weighted by atomic mass is 10.1. The van der Waals surface area contributed by atoms with Crippen LogP contribution in [0.5, 0.6) is 5.75 Å². The molecule has 2 aromatic heterocycles. The maximum Gasteiger partial charge on any atom is 0.481 e. The van der Waals surface area contributed by atoms with Crippen LogP contribution in [0.2, 0.25) is 5.28 Å². The van der Waals surface area contributed by atoms with Crippen LogP contribution in [0.3, 0.4) is 0 Å². The molecule has 1 saturated heterocycles. The minimum absolute atomic E-state index is 0.00932. The van der Waals surface area contributed by atoms with Gasteiger partial charge in [-0.3, -0.25) is 13.9 Å². The number of nitrogens with one attached hydrogen (secondary N) is 1. The number of aromatic nitrogens is 4. The van der Waals surface area contributed by atoms with E-state index in [0.29, 0.717) is 5.56 Å². The molecule has 0 radical (unpaired) electrons. The van der Waals surface area contributed by atoms with Crippen molar-refractivity contribution in [2.24, 2.45) is 0 Å². The Bertz CT molecular complexity index is 1820. The molecule has 0 aliphatic carbocycles. The Balaban J connectivity index is 1.29. The standard InChI is InChI=1S/C27H30ClFN6O10P2/c1-27(2,25(37)41-13-16-9-5-3-6-10-16)34-46(38,44-17-11-7-4-8-12-17)45-47(39,40)42-14-18-21(36)19(29)24(43-18)35-15-31-20-22(30)32-26(28)33-23(20)35/h3-12,15,18-19,21,24,36H,13-14H2,1-2H3,(H,34,38)(H,39,40)(H2,30,32,33)/t18-,19-,21?,24-,46?/m1/s1. The van der Waals surface area contributed by atoms with E-state index in [1.54, 1.807) is 36.4 Å². The van der Waals surface area contributed by atoms with Crippen molar-refractivity contribution in [3.05, 3.63) is 77.8 Å². The van der Waals surface area contributed by atoms with Crippen LogP contribution in [-0.4, -0.2) is 66.0 Å². The molecule has 0 spiro atoms. The fourth-order valence-electron chi connectivity index (χ4n) is 4.46. The summed E-state index contributed by atoms with van der Waals surface area (Å²) in [6.07, 6.45) is -5.86. The van der Waals surface area contributed by atoms with Crippen molar-refractivity contribution in [3.63, 3.8) is 0 Å². The zero-order valence-corrected chi connectivity index (χ0v) is 27.3. The molecule has 47 heavy (non-hydrogen) atoms. The highest BCUT2D eigenvalue weighted by atomic mass is 35.5. The Hall–Kier alpha value is -3.50. The summed E-state index contributed by atoms with van der Waals surface area (Å²) in [5, 5.41) is 12.6. The third-order valence-electron chi connectivity index (χ3n) is 6.71. The first-order chi connectivity index (χ1) is 22.2. The Morgan fingerprint density at radius 2 is 1.81 bits per heavy atom. The number of rotatable bonds is 13. The molecule has 20 heteroatoms. The van der Waals surface area contributed by atoms with E-state index in [-0.39, 0.29) is 34.6 Å². The van der Waals surface area contributed by atoms with E-state index in [2.05, 4.69) is 20.0 Å². The number of hydrogen-bond donors (Lipinski definition) is 4. The van der Waals surface area contributed by atoms with Gasteiger partial charge in [0.15, 0.2) is 23.9 Å². The van der Waals surface area contributed by atoms with E-state index in [9.17, 15) is 23.9 Å². The van der Waals surface area contributed by atoms with Crippen LogP contribution >= 0.6 is 27.2 Å². The van der Waals surface area contributed by atoms with E-state index in [1.165, 1.54) is 38.1 Å². The van der Waals surface area contributed by atoms with Crippen molar-refractivity contribution in [1.29, 1.82) is 0 Å². The molecule has 1 aliphatic rings. The van der Waals surface area contributed by atoms with Gasteiger partial charge < -0.3 is 29.7 Å².